The lowest BCUT2D eigenvalue weighted by Crippen LogP contribution is -2.23. The van der Waals surface area contributed by atoms with Crippen molar-refractivity contribution in [3.05, 3.63) is 17.5 Å². The molecule has 0 radical (unpaired) electrons. The molecule has 1 spiro atoms. The topological polar surface area (TPSA) is 52.0 Å². The van der Waals surface area contributed by atoms with E-state index in [1.807, 2.05) is 6.20 Å². The van der Waals surface area contributed by atoms with Gasteiger partial charge in [0.2, 0.25) is 0 Å². The van der Waals surface area contributed by atoms with Gasteiger partial charge < -0.3 is 10.3 Å². The highest BCUT2D eigenvalue weighted by Crippen LogP contribution is 2.62. The Morgan fingerprint density at radius 3 is 3.07 bits per heavy atom. The summed E-state index contributed by atoms with van der Waals surface area (Å²) in [7, 11) is 0. The van der Waals surface area contributed by atoms with Gasteiger partial charge >= 0.3 is 0 Å². The summed E-state index contributed by atoms with van der Waals surface area (Å²) in [5.74, 6) is 1.74. The van der Waals surface area contributed by atoms with Crippen molar-refractivity contribution >= 4 is 0 Å². The Labute approximate surface area is 83.6 Å². The molecule has 0 aliphatic heterocycles. The van der Waals surface area contributed by atoms with E-state index < -0.39 is 0 Å². The summed E-state index contributed by atoms with van der Waals surface area (Å²) < 4.78 is 5.26. The van der Waals surface area contributed by atoms with Crippen LogP contribution < -0.4 is 5.73 Å². The zero-order valence-corrected chi connectivity index (χ0v) is 8.33. The molecule has 0 saturated heterocycles. The maximum Gasteiger partial charge on any atom is 0.140 e. The van der Waals surface area contributed by atoms with Crippen LogP contribution in [0.3, 0.4) is 0 Å². The van der Waals surface area contributed by atoms with Crippen molar-refractivity contribution in [2.24, 2.45) is 11.1 Å². The van der Waals surface area contributed by atoms with Crippen LogP contribution in [0.15, 0.2) is 10.7 Å². The normalized spacial score (nSPS) is 27.6. The van der Waals surface area contributed by atoms with E-state index in [1.165, 1.54) is 24.8 Å². The van der Waals surface area contributed by atoms with Crippen molar-refractivity contribution in [2.75, 3.05) is 6.54 Å². The van der Waals surface area contributed by atoms with Gasteiger partial charge in [0.15, 0.2) is 0 Å². The van der Waals surface area contributed by atoms with Gasteiger partial charge in [0, 0.05) is 12.0 Å². The van der Waals surface area contributed by atoms with Crippen LogP contribution in [0.5, 0.6) is 0 Å². The summed E-state index contributed by atoms with van der Waals surface area (Å²) >= 11 is 0. The van der Waals surface area contributed by atoms with E-state index >= 15 is 0 Å². The third-order valence-corrected chi connectivity index (χ3v) is 3.99. The molecule has 2 aliphatic rings. The molecule has 1 atom stereocenters. The Morgan fingerprint density at radius 1 is 1.50 bits per heavy atom. The van der Waals surface area contributed by atoms with Crippen LogP contribution in [-0.4, -0.2) is 11.7 Å². The van der Waals surface area contributed by atoms with Gasteiger partial charge in [0.05, 0.1) is 6.20 Å². The second kappa shape index (κ2) is 2.83. The fourth-order valence-corrected chi connectivity index (χ4v) is 3.00. The van der Waals surface area contributed by atoms with Crippen LogP contribution in [-0.2, 0) is 6.42 Å². The lowest BCUT2D eigenvalue weighted by Gasteiger charge is -2.30. The van der Waals surface area contributed by atoms with Crippen molar-refractivity contribution < 1.29 is 4.52 Å². The largest absolute Gasteiger partial charge is 0.361 e. The molecule has 0 bridgehead atoms. The summed E-state index contributed by atoms with van der Waals surface area (Å²) in [6.07, 6.45) is 8.12. The van der Waals surface area contributed by atoms with Crippen molar-refractivity contribution in [1.82, 2.24) is 5.16 Å². The van der Waals surface area contributed by atoms with Gasteiger partial charge in [0.1, 0.15) is 5.76 Å². The van der Waals surface area contributed by atoms with Crippen LogP contribution in [0.1, 0.15) is 42.9 Å². The van der Waals surface area contributed by atoms with Gasteiger partial charge in [-0.2, -0.15) is 0 Å². The van der Waals surface area contributed by atoms with E-state index in [0.29, 0.717) is 11.3 Å². The maximum atomic E-state index is 5.68. The Bertz CT molecular complexity index is 341. The summed E-state index contributed by atoms with van der Waals surface area (Å²) in [6, 6.07) is 0. The molecule has 0 aromatic carbocycles. The molecule has 1 aromatic rings. The number of nitrogens with two attached hydrogens (primary N) is 1. The highest BCUT2D eigenvalue weighted by molar-refractivity contribution is 5.29. The third-order valence-electron chi connectivity index (χ3n) is 3.99. The fourth-order valence-electron chi connectivity index (χ4n) is 3.00. The van der Waals surface area contributed by atoms with Crippen LogP contribution in [0.25, 0.3) is 0 Å². The van der Waals surface area contributed by atoms with E-state index in [4.69, 9.17) is 10.3 Å². The number of aryl methyl sites for hydroxylation is 1. The first-order chi connectivity index (χ1) is 6.86. The molecule has 1 heterocycles. The summed E-state index contributed by atoms with van der Waals surface area (Å²) in [5.41, 5.74) is 7.61. The lowest BCUT2D eigenvalue weighted by atomic mass is 9.74. The van der Waals surface area contributed by atoms with Gasteiger partial charge in [0.25, 0.3) is 0 Å². The van der Waals surface area contributed by atoms with Crippen molar-refractivity contribution in [3.63, 3.8) is 0 Å². The first-order valence-electron chi connectivity index (χ1n) is 5.49. The molecule has 76 valence electrons. The molecule has 3 rings (SSSR count). The second-order valence-corrected chi connectivity index (χ2v) is 4.70. The molecular weight excluding hydrogens is 176 g/mol. The minimum atomic E-state index is 0.581. The average molecular weight is 192 g/mol. The van der Waals surface area contributed by atoms with E-state index in [1.54, 1.807) is 0 Å². The zero-order chi connectivity index (χ0) is 9.60. The molecule has 14 heavy (non-hydrogen) atoms. The standard InChI is InChI=1S/C11H16N2O/c12-6-2-9-8-7-13-14-10(8)1-3-11(9)4-5-11/h7,9H,1-6,12H2. The Balaban J connectivity index is 1.97. The smallest absolute Gasteiger partial charge is 0.140 e. The first-order valence-corrected chi connectivity index (χ1v) is 5.49. The summed E-state index contributed by atoms with van der Waals surface area (Å²) in [4.78, 5) is 0. The van der Waals surface area contributed by atoms with Crippen LogP contribution in [0.4, 0.5) is 0 Å². The monoisotopic (exact) mass is 192 g/mol. The molecule has 3 heteroatoms. The molecule has 1 unspecified atom stereocenters. The average Bonchev–Trinajstić information content (AvgIpc) is 2.79. The summed E-state index contributed by atoms with van der Waals surface area (Å²) in [6.45, 7) is 0.775. The summed E-state index contributed by atoms with van der Waals surface area (Å²) in [5, 5.41) is 3.91. The van der Waals surface area contributed by atoms with Crippen LogP contribution >= 0.6 is 0 Å². The molecule has 3 nitrogen and oxygen atoms in total. The minimum absolute atomic E-state index is 0.581. The molecule has 1 aromatic heterocycles. The van der Waals surface area contributed by atoms with E-state index in [0.717, 1.165) is 25.1 Å². The van der Waals surface area contributed by atoms with E-state index in [9.17, 15) is 0 Å². The SMILES string of the molecule is NCCC1c2cnoc2CCC12CC2. The molecule has 2 aliphatic carbocycles. The number of rotatable bonds is 2. The molecule has 0 amide bonds. The Hall–Kier alpha value is -0.830. The highest BCUT2D eigenvalue weighted by Gasteiger charge is 2.52. The first kappa shape index (κ1) is 8.48. The van der Waals surface area contributed by atoms with Crippen LogP contribution in [0.2, 0.25) is 0 Å². The van der Waals surface area contributed by atoms with Gasteiger partial charge in [-0.3, -0.25) is 0 Å². The van der Waals surface area contributed by atoms with Crippen molar-refractivity contribution in [1.29, 1.82) is 0 Å². The predicted octanol–water partition coefficient (Wildman–Crippen LogP) is 1.83. The van der Waals surface area contributed by atoms with E-state index in [2.05, 4.69) is 5.16 Å². The number of nitrogens with zero attached hydrogens (tertiary/aromatic N) is 1. The quantitative estimate of drug-likeness (QED) is 0.777. The second-order valence-electron chi connectivity index (χ2n) is 4.70. The predicted molar refractivity (Wildman–Crippen MR) is 52.9 cm³/mol. The fraction of sp³-hybridized carbons (Fsp3) is 0.727. The lowest BCUT2D eigenvalue weighted by molar-refractivity contribution is 0.294. The molecular formula is C11H16N2O. The Morgan fingerprint density at radius 2 is 2.36 bits per heavy atom. The highest BCUT2D eigenvalue weighted by atomic mass is 16.5. The number of aromatic nitrogens is 1. The molecule has 1 fully saturated rings. The van der Waals surface area contributed by atoms with E-state index in [-0.39, 0.29) is 0 Å². The van der Waals surface area contributed by atoms with Crippen molar-refractivity contribution in [2.45, 2.75) is 38.0 Å². The number of hydrogen-bond acceptors (Lipinski definition) is 3. The van der Waals surface area contributed by atoms with Gasteiger partial charge in [-0.15, -0.1) is 0 Å². The molecule has 1 saturated carbocycles. The minimum Gasteiger partial charge on any atom is -0.361 e. The maximum absolute atomic E-state index is 5.68. The van der Waals surface area contributed by atoms with Crippen molar-refractivity contribution in [3.8, 4) is 0 Å². The number of fused-ring (bicyclic) bond motifs is 1. The van der Waals surface area contributed by atoms with Gasteiger partial charge in [-0.25, -0.2) is 0 Å². The van der Waals surface area contributed by atoms with Gasteiger partial charge in [-0.1, -0.05) is 5.16 Å². The third kappa shape index (κ3) is 1.05. The van der Waals surface area contributed by atoms with Gasteiger partial charge in [-0.05, 0) is 43.6 Å². The van der Waals surface area contributed by atoms with Crippen LogP contribution in [0, 0.1) is 5.41 Å². The zero-order valence-electron chi connectivity index (χ0n) is 8.33. The molecule has 2 N–H and O–H groups in total. The Kier molecular flexibility index (Phi) is 1.71. The number of hydrogen-bond donors (Lipinski definition) is 1.